The highest BCUT2D eigenvalue weighted by Crippen LogP contribution is 2.36. The molecule has 3 rings (SSSR count). The molecule has 4 nitrogen and oxygen atoms in total. The number of fused-ring (bicyclic) bond motifs is 2. The van der Waals surface area contributed by atoms with Crippen LogP contribution in [0.3, 0.4) is 0 Å². The molecule has 2 aromatic rings. The third-order valence-corrected chi connectivity index (χ3v) is 6.20. The van der Waals surface area contributed by atoms with Gasteiger partial charge in [0, 0.05) is 31.5 Å². The number of nitrogens with zero attached hydrogens (tertiary/aromatic N) is 2. The highest BCUT2D eigenvalue weighted by molar-refractivity contribution is 7.89. The van der Waals surface area contributed by atoms with Crippen LogP contribution in [0.2, 0.25) is 0 Å². The van der Waals surface area contributed by atoms with Crippen molar-refractivity contribution in [2.75, 3.05) is 25.0 Å². The minimum Gasteiger partial charge on any atom is -0.340 e. The maximum absolute atomic E-state index is 12.6. The Labute approximate surface area is 168 Å². The van der Waals surface area contributed by atoms with Crippen molar-refractivity contribution in [3.05, 3.63) is 71.8 Å². The molecule has 2 aromatic carbocycles. The summed E-state index contributed by atoms with van der Waals surface area (Å²) in [4.78, 5) is 2.16. The first kappa shape index (κ1) is 21.1. The normalized spacial score (nSPS) is 14.2. The summed E-state index contributed by atoms with van der Waals surface area (Å²) in [6, 6.07) is 15.9. The van der Waals surface area contributed by atoms with E-state index in [1.165, 1.54) is 6.08 Å². The van der Waals surface area contributed by atoms with Gasteiger partial charge in [-0.3, -0.25) is 0 Å². The molecule has 0 bridgehead atoms. The third-order valence-electron chi connectivity index (χ3n) is 4.65. The first-order valence-electron chi connectivity index (χ1n) is 9.03. The standard InChI is InChI=1S/C21H21F3N2O2S/c1-25(29(27,28)21(22,23)24)15-7-2-8-16-26-19-11-5-3-9-17(19)13-14-18-10-4-6-12-20(18)26/h2-7,9-14H,8,15-16H2,1H3/b7-2+. The number of anilines is 2. The lowest BCUT2D eigenvalue weighted by Crippen LogP contribution is -2.38. The first-order chi connectivity index (χ1) is 13.7. The van der Waals surface area contributed by atoms with Gasteiger partial charge in [-0.05, 0) is 29.7 Å². The van der Waals surface area contributed by atoms with E-state index in [0.29, 0.717) is 17.3 Å². The molecule has 0 N–H and O–H groups in total. The highest BCUT2D eigenvalue weighted by atomic mass is 32.2. The lowest BCUT2D eigenvalue weighted by Gasteiger charge is -2.26. The van der Waals surface area contributed by atoms with Crippen LogP contribution in [0.25, 0.3) is 12.2 Å². The van der Waals surface area contributed by atoms with Gasteiger partial charge in [-0.15, -0.1) is 0 Å². The minimum atomic E-state index is -5.31. The molecule has 0 amide bonds. The van der Waals surface area contributed by atoms with Crippen molar-refractivity contribution < 1.29 is 21.6 Å². The monoisotopic (exact) mass is 422 g/mol. The van der Waals surface area contributed by atoms with E-state index in [9.17, 15) is 21.6 Å². The van der Waals surface area contributed by atoms with E-state index < -0.39 is 15.5 Å². The van der Waals surface area contributed by atoms with Gasteiger partial charge in [-0.25, -0.2) is 8.42 Å². The molecule has 0 unspecified atom stereocenters. The summed E-state index contributed by atoms with van der Waals surface area (Å²) in [5, 5.41) is 0. The molecule has 154 valence electrons. The number of sulfonamides is 1. The fourth-order valence-corrected chi connectivity index (χ4v) is 3.75. The number of hydrogen-bond acceptors (Lipinski definition) is 3. The van der Waals surface area contributed by atoms with Crippen molar-refractivity contribution >= 4 is 33.6 Å². The SMILES string of the molecule is CN(C/C=C/CCN1c2ccccc2C=Cc2ccccc21)S(=O)(=O)C(F)(F)F. The number of benzene rings is 2. The fraction of sp³-hybridized carbons (Fsp3) is 0.238. The maximum Gasteiger partial charge on any atom is 0.511 e. The van der Waals surface area contributed by atoms with Crippen LogP contribution in [0.15, 0.2) is 60.7 Å². The van der Waals surface area contributed by atoms with Crippen LogP contribution in [-0.4, -0.2) is 38.4 Å². The highest BCUT2D eigenvalue weighted by Gasteiger charge is 2.48. The summed E-state index contributed by atoms with van der Waals surface area (Å²) >= 11 is 0. The lowest BCUT2D eigenvalue weighted by molar-refractivity contribution is -0.0480. The zero-order valence-electron chi connectivity index (χ0n) is 15.8. The van der Waals surface area contributed by atoms with E-state index in [1.54, 1.807) is 6.08 Å². The molecule has 29 heavy (non-hydrogen) atoms. The number of alkyl halides is 3. The molecule has 0 fully saturated rings. The van der Waals surface area contributed by atoms with Crippen molar-refractivity contribution in [1.29, 1.82) is 0 Å². The second-order valence-electron chi connectivity index (χ2n) is 6.59. The van der Waals surface area contributed by atoms with E-state index in [0.717, 1.165) is 29.5 Å². The van der Waals surface area contributed by atoms with Crippen LogP contribution in [0.4, 0.5) is 24.5 Å². The predicted molar refractivity (Wildman–Crippen MR) is 110 cm³/mol. The predicted octanol–water partition coefficient (Wildman–Crippen LogP) is 5.04. The summed E-state index contributed by atoms with van der Waals surface area (Å²) in [6.45, 7) is 0.262. The Morgan fingerprint density at radius 3 is 1.97 bits per heavy atom. The van der Waals surface area contributed by atoms with Crippen LogP contribution < -0.4 is 4.90 Å². The second kappa shape index (κ2) is 8.42. The topological polar surface area (TPSA) is 40.6 Å². The zero-order valence-corrected chi connectivity index (χ0v) is 16.6. The Kier molecular flexibility index (Phi) is 6.14. The average Bonchev–Trinajstić information content (AvgIpc) is 2.84. The van der Waals surface area contributed by atoms with Gasteiger partial charge in [0.15, 0.2) is 0 Å². The molecule has 0 atom stereocenters. The molecule has 8 heteroatoms. The fourth-order valence-electron chi connectivity index (χ4n) is 3.12. The number of hydrogen-bond donors (Lipinski definition) is 0. The molecule has 1 heterocycles. The molecule has 1 aliphatic rings. The summed E-state index contributed by atoms with van der Waals surface area (Å²) in [6.07, 6.45) is 7.80. The van der Waals surface area contributed by atoms with Crippen LogP contribution in [-0.2, 0) is 10.0 Å². The van der Waals surface area contributed by atoms with Crippen molar-refractivity contribution in [2.45, 2.75) is 11.9 Å². The van der Waals surface area contributed by atoms with Crippen LogP contribution in [0, 0.1) is 0 Å². The molecule has 0 aliphatic carbocycles. The Morgan fingerprint density at radius 1 is 0.931 bits per heavy atom. The summed E-state index contributed by atoms with van der Waals surface area (Å²) in [5.41, 5.74) is -1.06. The van der Waals surface area contributed by atoms with Gasteiger partial charge in [0.25, 0.3) is 0 Å². The molecule has 0 radical (unpaired) electrons. The first-order valence-corrected chi connectivity index (χ1v) is 10.5. The van der Waals surface area contributed by atoms with Gasteiger partial charge in [-0.1, -0.05) is 60.7 Å². The molecular weight excluding hydrogens is 401 g/mol. The van der Waals surface area contributed by atoms with Crippen molar-refractivity contribution in [3.63, 3.8) is 0 Å². The maximum atomic E-state index is 12.6. The van der Waals surface area contributed by atoms with Crippen molar-refractivity contribution in [2.24, 2.45) is 0 Å². The van der Waals surface area contributed by atoms with Gasteiger partial charge in [0.1, 0.15) is 0 Å². The van der Waals surface area contributed by atoms with E-state index in [4.69, 9.17) is 0 Å². The summed E-state index contributed by atoms with van der Waals surface area (Å²) < 4.78 is 60.6. The minimum absolute atomic E-state index is 0.296. The van der Waals surface area contributed by atoms with E-state index in [1.807, 2.05) is 48.5 Å². The van der Waals surface area contributed by atoms with Gasteiger partial charge in [0.05, 0.1) is 0 Å². The average molecular weight is 422 g/mol. The number of likely N-dealkylation sites (N-methyl/N-ethyl adjacent to an activating group) is 1. The zero-order chi connectivity index (χ0) is 21.1. The van der Waals surface area contributed by atoms with E-state index in [2.05, 4.69) is 17.1 Å². The van der Waals surface area contributed by atoms with Gasteiger partial charge in [-0.2, -0.15) is 17.5 Å². The molecular formula is C21H21F3N2O2S. The number of rotatable bonds is 6. The Morgan fingerprint density at radius 2 is 1.45 bits per heavy atom. The number of halogens is 3. The molecule has 0 saturated heterocycles. The number of para-hydroxylation sites is 2. The second-order valence-corrected chi connectivity index (χ2v) is 8.63. The molecule has 0 aromatic heterocycles. The van der Waals surface area contributed by atoms with Gasteiger partial charge >= 0.3 is 15.5 Å². The third kappa shape index (κ3) is 4.54. The van der Waals surface area contributed by atoms with Gasteiger partial charge < -0.3 is 4.90 Å². The largest absolute Gasteiger partial charge is 0.511 e. The molecule has 1 aliphatic heterocycles. The van der Waals surface area contributed by atoms with Crippen molar-refractivity contribution in [1.82, 2.24) is 4.31 Å². The molecule has 0 saturated carbocycles. The Balaban J connectivity index is 1.71. The van der Waals surface area contributed by atoms with E-state index >= 15 is 0 Å². The summed E-state index contributed by atoms with van der Waals surface area (Å²) in [7, 11) is -4.39. The molecule has 0 spiro atoms. The quantitative estimate of drug-likeness (QED) is 0.613. The van der Waals surface area contributed by atoms with Crippen LogP contribution >= 0.6 is 0 Å². The van der Waals surface area contributed by atoms with Crippen LogP contribution in [0.1, 0.15) is 17.5 Å². The Hall–Kier alpha value is -2.58. The van der Waals surface area contributed by atoms with Gasteiger partial charge in [0.2, 0.25) is 0 Å². The lowest BCUT2D eigenvalue weighted by atomic mass is 10.1. The Bertz CT molecular complexity index is 981. The van der Waals surface area contributed by atoms with Crippen LogP contribution in [0.5, 0.6) is 0 Å². The summed E-state index contributed by atoms with van der Waals surface area (Å²) in [5.74, 6) is 0. The smallest absolute Gasteiger partial charge is 0.340 e. The van der Waals surface area contributed by atoms with E-state index in [-0.39, 0.29) is 6.54 Å². The van der Waals surface area contributed by atoms with Crippen molar-refractivity contribution in [3.8, 4) is 0 Å².